The van der Waals surface area contributed by atoms with Crippen LogP contribution in [0.1, 0.15) is 16.7 Å². The highest BCUT2D eigenvalue weighted by molar-refractivity contribution is 7.90. The van der Waals surface area contributed by atoms with Gasteiger partial charge in [-0.25, -0.2) is 18.2 Å². The molecule has 2 amide bonds. The van der Waals surface area contributed by atoms with E-state index in [4.69, 9.17) is 10.9 Å². The number of nitrogens with two attached hydrogens (primary N) is 1. The van der Waals surface area contributed by atoms with Gasteiger partial charge in [0.05, 0.1) is 22.7 Å². The number of alkyl halides is 3. The van der Waals surface area contributed by atoms with Crippen LogP contribution in [-0.4, -0.2) is 36.8 Å². The lowest BCUT2D eigenvalue weighted by atomic mass is 10.1. The van der Waals surface area contributed by atoms with E-state index < -0.39 is 27.6 Å². The van der Waals surface area contributed by atoms with Crippen molar-refractivity contribution in [3.05, 3.63) is 114 Å². The van der Waals surface area contributed by atoms with E-state index in [1.807, 2.05) is 0 Å². The van der Waals surface area contributed by atoms with E-state index in [1.54, 1.807) is 60.7 Å². The van der Waals surface area contributed by atoms with Crippen molar-refractivity contribution >= 4 is 33.1 Å². The van der Waals surface area contributed by atoms with Gasteiger partial charge in [-0.05, 0) is 53.6 Å². The zero-order chi connectivity index (χ0) is 30.5. The number of benzene rings is 4. The van der Waals surface area contributed by atoms with E-state index in [-0.39, 0.29) is 17.3 Å². The minimum atomic E-state index is -4.50. The lowest BCUT2D eigenvalue weighted by Crippen LogP contribution is -2.39. The number of hydrogen-bond acceptors (Lipinski definition) is 6. The number of amidine groups is 1. The van der Waals surface area contributed by atoms with E-state index in [1.165, 1.54) is 24.3 Å². The van der Waals surface area contributed by atoms with Crippen LogP contribution >= 0.6 is 0 Å². The fourth-order valence-corrected chi connectivity index (χ4v) is 4.97. The van der Waals surface area contributed by atoms with Crippen molar-refractivity contribution in [3.63, 3.8) is 0 Å². The fraction of sp³-hybridized carbons (Fsp3) is 0.103. The Morgan fingerprint density at radius 3 is 2.21 bits per heavy atom. The minimum absolute atomic E-state index is 0.127. The molecule has 0 aromatic heterocycles. The zero-order valence-corrected chi connectivity index (χ0v) is 22.9. The summed E-state index contributed by atoms with van der Waals surface area (Å²) in [5.41, 5.74) is 10.4. The Morgan fingerprint density at radius 1 is 0.929 bits per heavy atom. The van der Waals surface area contributed by atoms with Gasteiger partial charge < -0.3 is 16.3 Å². The highest BCUT2D eigenvalue weighted by Gasteiger charge is 2.30. The molecule has 0 spiro atoms. The molecule has 0 bridgehead atoms. The smallest absolute Gasteiger partial charge is 0.409 e. The first-order valence-electron chi connectivity index (χ1n) is 12.3. The molecule has 9 nitrogen and oxygen atoms in total. The van der Waals surface area contributed by atoms with Gasteiger partial charge in [0.25, 0.3) is 0 Å². The summed E-state index contributed by atoms with van der Waals surface area (Å²) < 4.78 is 63.5. The fourth-order valence-electron chi connectivity index (χ4n) is 4.06. The molecular formula is C29H26F3N5O4S. The molecule has 218 valence electrons. The Morgan fingerprint density at radius 2 is 1.60 bits per heavy atom. The first kappa shape index (κ1) is 29.9. The van der Waals surface area contributed by atoms with Crippen LogP contribution in [0.15, 0.2) is 107 Å². The second-order valence-electron chi connectivity index (χ2n) is 9.23. The van der Waals surface area contributed by atoms with Gasteiger partial charge in [-0.2, -0.15) is 13.2 Å². The van der Waals surface area contributed by atoms with Crippen LogP contribution in [0.2, 0.25) is 0 Å². The van der Waals surface area contributed by atoms with Crippen LogP contribution in [0.4, 0.5) is 29.3 Å². The van der Waals surface area contributed by atoms with Gasteiger partial charge in [-0.15, -0.1) is 0 Å². The van der Waals surface area contributed by atoms with Gasteiger partial charge >= 0.3 is 12.2 Å². The SMILES string of the molecule is CS(=O)(=O)c1ccccc1-c1ccc(NC(=O)N(Cc2ccc(C(F)(F)F)cc2)Nc2cccc(C(N)=NO)c2)cc1. The average molecular weight is 598 g/mol. The number of carbonyl (C=O) groups is 1. The summed E-state index contributed by atoms with van der Waals surface area (Å²) in [4.78, 5) is 13.5. The van der Waals surface area contributed by atoms with Crippen molar-refractivity contribution in [2.75, 3.05) is 17.0 Å². The molecule has 4 aromatic carbocycles. The van der Waals surface area contributed by atoms with Crippen LogP contribution < -0.4 is 16.5 Å². The number of amides is 2. The first-order valence-corrected chi connectivity index (χ1v) is 14.2. The van der Waals surface area contributed by atoms with Crippen LogP contribution in [0, 0.1) is 0 Å². The van der Waals surface area contributed by atoms with Gasteiger partial charge in [0.15, 0.2) is 15.7 Å². The molecule has 13 heteroatoms. The maximum atomic E-state index is 13.4. The molecule has 42 heavy (non-hydrogen) atoms. The summed E-state index contributed by atoms with van der Waals surface area (Å²) in [5, 5.41) is 15.8. The lowest BCUT2D eigenvalue weighted by Gasteiger charge is -2.25. The van der Waals surface area contributed by atoms with Crippen molar-refractivity contribution in [3.8, 4) is 11.1 Å². The van der Waals surface area contributed by atoms with Crippen molar-refractivity contribution in [2.45, 2.75) is 17.6 Å². The largest absolute Gasteiger partial charge is 0.416 e. The molecular weight excluding hydrogens is 571 g/mol. The van der Waals surface area contributed by atoms with Crippen LogP contribution in [0.25, 0.3) is 11.1 Å². The second kappa shape index (κ2) is 12.2. The van der Waals surface area contributed by atoms with Gasteiger partial charge in [0.2, 0.25) is 0 Å². The van der Waals surface area contributed by atoms with E-state index in [9.17, 15) is 26.4 Å². The standard InChI is InChI=1S/C29H26F3N5O4S/c1-42(40,41)26-8-3-2-7-25(26)20-11-15-23(16-12-20)34-28(38)37(18-19-9-13-22(14-10-19)29(30,31)32)35-24-6-4-5-21(17-24)27(33)36-39/h2-17,35,39H,18H2,1H3,(H2,33,36)(H,34,38). The van der Waals surface area contributed by atoms with Gasteiger partial charge in [-0.3, -0.25) is 5.43 Å². The van der Waals surface area contributed by atoms with E-state index in [2.05, 4.69) is 15.9 Å². The average Bonchev–Trinajstić information content (AvgIpc) is 2.96. The summed E-state index contributed by atoms with van der Waals surface area (Å²) in [7, 11) is -3.48. The minimum Gasteiger partial charge on any atom is -0.409 e. The van der Waals surface area contributed by atoms with Gasteiger partial charge in [0.1, 0.15) is 0 Å². The molecule has 0 aliphatic heterocycles. The molecule has 0 atom stereocenters. The quantitative estimate of drug-likeness (QED) is 0.0860. The maximum Gasteiger partial charge on any atom is 0.416 e. The number of nitrogens with zero attached hydrogens (tertiary/aromatic N) is 2. The Hall–Kier alpha value is -5.04. The molecule has 0 unspecified atom stereocenters. The van der Waals surface area contributed by atoms with Gasteiger partial charge in [0, 0.05) is 23.1 Å². The Labute approximate surface area is 240 Å². The number of carbonyl (C=O) groups excluding carboxylic acids is 1. The number of sulfone groups is 1. The third kappa shape index (κ3) is 7.37. The number of hydrogen-bond donors (Lipinski definition) is 4. The van der Waals surface area contributed by atoms with E-state index >= 15 is 0 Å². The predicted octanol–water partition coefficient (Wildman–Crippen LogP) is 5.93. The van der Waals surface area contributed by atoms with Crippen molar-refractivity contribution in [1.29, 1.82) is 0 Å². The maximum absolute atomic E-state index is 13.4. The lowest BCUT2D eigenvalue weighted by molar-refractivity contribution is -0.137. The van der Waals surface area contributed by atoms with E-state index in [0.29, 0.717) is 33.6 Å². The van der Waals surface area contributed by atoms with Crippen LogP contribution in [0.3, 0.4) is 0 Å². The summed E-state index contributed by atoms with van der Waals surface area (Å²) in [6.07, 6.45) is -3.38. The molecule has 0 saturated heterocycles. The molecule has 0 aliphatic carbocycles. The number of anilines is 2. The molecule has 4 aromatic rings. The highest BCUT2D eigenvalue weighted by Crippen LogP contribution is 2.30. The Bertz CT molecular complexity index is 1710. The molecule has 0 aliphatic rings. The zero-order valence-electron chi connectivity index (χ0n) is 22.1. The number of nitrogens with one attached hydrogen (secondary N) is 2. The Balaban J connectivity index is 1.59. The highest BCUT2D eigenvalue weighted by atomic mass is 32.2. The molecule has 0 heterocycles. The number of urea groups is 1. The summed E-state index contributed by atoms with van der Waals surface area (Å²) in [6.45, 7) is -0.127. The topological polar surface area (TPSA) is 137 Å². The van der Waals surface area contributed by atoms with Crippen molar-refractivity contribution < 1.29 is 31.6 Å². The molecule has 5 N–H and O–H groups in total. The molecule has 0 fully saturated rings. The number of halogens is 3. The number of oxime groups is 1. The summed E-state index contributed by atoms with van der Waals surface area (Å²) in [5.74, 6) is -0.157. The molecule has 0 radical (unpaired) electrons. The number of hydrazine groups is 1. The van der Waals surface area contributed by atoms with E-state index in [0.717, 1.165) is 23.4 Å². The third-order valence-electron chi connectivity index (χ3n) is 6.13. The van der Waals surface area contributed by atoms with Crippen molar-refractivity contribution in [1.82, 2.24) is 5.01 Å². The molecule has 4 rings (SSSR count). The summed E-state index contributed by atoms with van der Waals surface area (Å²) >= 11 is 0. The molecule has 0 saturated carbocycles. The van der Waals surface area contributed by atoms with Crippen LogP contribution in [-0.2, 0) is 22.6 Å². The van der Waals surface area contributed by atoms with Crippen LogP contribution in [0.5, 0.6) is 0 Å². The van der Waals surface area contributed by atoms with Crippen molar-refractivity contribution in [2.24, 2.45) is 10.9 Å². The Kier molecular flexibility index (Phi) is 8.71. The summed E-state index contributed by atoms with van der Waals surface area (Å²) in [6, 6.07) is 23.2. The van der Waals surface area contributed by atoms with Gasteiger partial charge in [-0.1, -0.05) is 59.8 Å². The monoisotopic (exact) mass is 597 g/mol. The predicted molar refractivity (Wildman–Crippen MR) is 154 cm³/mol. The normalized spacial score (nSPS) is 12.0. The second-order valence-corrected chi connectivity index (χ2v) is 11.2. The number of rotatable bonds is 8. The third-order valence-corrected chi connectivity index (χ3v) is 7.29. The first-order chi connectivity index (χ1) is 19.8.